The van der Waals surface area contributed by atoms with E-state index < -0.39 is 30.3 Å². The molecule has 2 heterocycles. The molecule has 0 aromatic rings. The van der Waals surface area contributed by atoms with Crippen molar-refractivity contribution in [1.82, 2.24) is 0 Å². The number of quaternary nitrogens is 2. The van der Waals surface area contributed by atoms with Gasteiger partial charge in [-0.2, -0.15) is 0 Å². The summed E-state index contributed by atoms with van der Waals surface area (Å²) < 4.78 is 5.67. The molecule has 2 saturated heterocycles. The van der Waals surface area contributed by atoms with Crippen LogP contribution in [0.15, 0.2) is 12.2 Å². The summed E-state index contributed by atoms with van der Waals surface area (Å²) in [6, 6.07) is 0.466. The number of aliphatic hydroxyl groups excluding tert-OH is 4. The summed E-state index contributed by atoms with van der Waals surface area (Å²) in [6.45, 7) is 2.04. The lowest BCUT2D eigenvalue weighted by Gasteiger charge is -2.41. The van der Waals surface area contributed by atoms with Gasteiger partial charge in [-0.1, -0.05) is 56.1 Å². The first-order chi connectivity index (χ1) is 27.1. The SMILES string of the molecule is COC1CC2CCC(=O)C(C(O)CCCCC3C[NH2+]C4CC(=O)CCC4C3)C#CC(CC(O)C(O)CC(C=CC3CCCCC3)C3CC[NH2+]C(N)C3)C2CC1O. The van der Waals surface area contributed by atoms with Crippen molar-refractivity contribution in [2.24, 2.45) is 59.0 Å². The highest BCUT2D eigenvalue weighted by molar-refractivity contribution is 5.84. The number of nitrogens with two attached hydrogens (primary N) is 3. The van der Waals surface area contributed by atoms with Gasteiger partial charge in [0.2, 0.25) is 0 Å². The van der Waals surface area contributed by atoms with Gasteiger partial charge in [0.05, 0.1) is 56.1 Å². The van der Waals surface area contributed by atoms with Gasteiger partial charge in [-0.3, -0.25) is 15.3 Å². The zero-order valence-electron chi connectivity index (χ0n) is 34.4. The van der Waals surface area contributed by atoms with Crippen LogP contribution in [0, 0.1) is 65.1 Å². The number of carbonyl (C=O) groups excluding carboxylic acids is 2. The number of Topliss-reactive ketones (excluding diaryl/α,β-unsaturated/α-hetero) is 2. The summed E-state index contributed by atoms with van der Waals surface area (Å²) >= 11 is 0. The normalized spacial score (nSPS) is 38.2. The fourth-order valence-electron chi connectivity index (χ4n) is 11.9. The van der Waals surface area contributed by atoms with E-state index in [9.17, 15) is 30.0 Å². The maximum Gasteiger partial charge on any atom is 0.150 e. The number of aliphatic hydroxyl groups is 4. The fraction of sp³-hybridized carbons (Fsp3) is 0.870. The largest absolute Gasteiger partial charge is 0.391 e. The van der Waals surface area contributed by atoms with Crippen LogP contribution in [0.2, 0.25) is 0 Å². The summed E-state index contributed by atoms with van der Waals surface area (Å²) in [5.74, 6) is 8.26. The molecule has 15 atom stereocenters. The molecule has 6 rings (SSSR count). The lowest BCUT2D eigenvalue weighted by atomic mass is 9.67. The van der Waals surface area contributed by atoms with Crippen molar-refractivity contribution in [3.63, 3.8) is 0 Å². The number of allylic oxidation sites excluding steroid dienone is 2. The van der Waals surface area contributed by atoms with Crippen molar-refractivity contribution in [2.75, 3.05) is 20.2 Å². The standard InChI is InChI=1S/C46H75N3O7/c1-56-45-24-34-15-18-41(52)37(40(51)10-6-5-9-30-21-35-13-16-36(50)26-39(35)49-28-30)17-14-33(38(34)27-44(45)55)23-43(54)42(53)22-31(32-19-20-48-46(47)25-32)12-11-29-7-3-2-4-8-29/h11-12,29-35,37-40,42-46,48-49,51,53-55H,2-10,13,15-16,18-28,47H2,1H3/p+2. The van der Waals surface area contributed by atoms with Crippen LogP contribution in [0.3, 0.4) is 0 Å². The van der Waals surface area contributed by atoms with E-state index in [1.165, 1.54) is 38.5 Å². The molecule has 10 heteroatoms. The van der Waals surface area contributed by atoms with Crippen molar-refractivity contribution in [1.29, 1.82) is 0 Å². The number of ether oxygens (including phenoxy) is 1. The van der Waals surface area contributed by atoms with Crippen LogP contribution in [0.4, 0.5) is 0 Å². The van der Waals surface area contributed by atoms with Gasteiger partial charge in [0.1, 0.15) is 23.7 Å². The summed E-state index contributed by atoms with van der Waals surface area (Å²) in [5, 5.41) is 50.6. The van der Waals surface area contributed by atoms with Crippen molar-refractivity contribution in [2.45, 2.75) is 178 Å². The van der Waals surface area contributed by atoms with E-state index >= 15 is 0 Å². The lowest BCUT2D eigenvalue weighted by Crippen LogP contribution is -2.95. The Morgan fingerprint density at radius 2 is 1.71 bits per heavy atom. The van der Waals surface area contributed by atoms with Crippen LogP contribution in [-0.4, -0.2) is 94.9 Å². The lowest BCUT2D eigenvalue weighted by molar-refractivity contribution is -0.711. The average Bonchev–Trinajstić information content (AvgIpc) is 3.25. The van der Waals surface area contributed by atoms with Gasteiger partial charge >= 0.3 is 0 Å². The summed E-state index contributed by atoms with van der Waals surface area (Å²) in [7, 11) is 1.62. The Morgan fingerprint density at radius 1 is 0.911 bits per heavy atom. The van der Waals surface area contributed by atoms with Crippen LogP contribution < -0.4 is 16.4 Å². The fourth-order valence-corrected chi connectivity index (χ4v) is 11.9. The zero-order chi connectivity index (χ0) is 39.6. The number of piperidine rings is 2. The van der Waals surface area contributed by atoms with E-state index in [4.69, 9.17) is 10.5 Å². The van der Waals surface area contributed by atoms with Gasteiger partial charge in [0.25, 0.3) is 0 Å². The van der Waals surface area contributed by atoms with Gasteiger partial charge < -0.3 is 35.8 Å². The van der Waals surface area contributed by atoms with Crippen LogP contribution in [0.5, 0.6) is 0 Å². The third-order valence-corrected chi connectivity index (χ3v) is 15.4. The van der Waals surface area contributed by atoms with Gasteiger partial charge in [-0.05, 0) is 100 Å². The predicted octanol–water partition coefficient (Wildman–Crippen LogP) is 2.74. The summed E-state index contributed by atoms with van der Waals surface area (Å²) in [5.41, 5.74) is 6.39. The number of hydrogen-bond acceptors (Lipinski definition) is 8. The third-order valence-electron chi connectivity index (χ3n) is 15.4. The number of ketones is 2. The highest BCUT2D eigenvalue weighted by Crippen LogP contribution is 2.42. The molecule has 4 aliphatic carbocycles. The Labute approximate surface area is 336 Å². The van der Waals surface area contributed by atoms with Crippen molar-refractivity contribution in [3.05, 3.63) is 12.2 Å². The molecule has 10 N–H and O–H groups in total. The first-order valence-corrected chi connectivity index (χ1v) is 23.0. The molecule has 15 unspecified atom stereocenters. The Bertz CT molecular complexity index is 1340. The van der Waals surface area contributed by atoms with E-state index in [1.807, 2.05) is 0 Å². The Balaban J connectivity index is 1.10. The molecular formula is C46H77N3O7+2. The first-order valence-electron chi connectivity index (χ1n) is 23.0. The molecule has 0 aromatic carbocycles. The van der Waals surface area contributed by atoms with Crippen LogP contribution in [-0.2, 0) is 14.3 Å². The third kappa shape index (κ3) is 12.2. The minimum Gasteiger partial charge on any atom is -0.391 e. The molecular weight excluding hydrogens is 707 g/mol. The van der Waals surface area contributed by atoms with Crippen LogP contribution >= 0.6 is 0 Å². The minimum atomic E-state index is -1.01. The number of methoxy groups -OCH3 is 1. The maximum absolute atomic E-state index is 13.7. The van der Waals surface area contributed by atoms with Crippen molar-refractivity contribution >= 4 is 11.6 Å². The van der Waals surface area contributed by atoms with E-state index in [2.05, 4.69) is 34.6 Å². The van der Waals surface area contributed by atoms with E-state index in [0.29, 0.717) is 74.0 Å². The predicted molar refractivity (Wildman–Crippen MR) is 215 cm³/mol. The Morgan fingerprint density at radius 3 is 2.50 bits per heavy atom. The van der Waals surface area contributed by atoms with Crippen LogP contribution in [0.25, 0.3) is 0 Å². The van der Waals surface area contributed by atoms with Gasteiger partial charge in [0, 0.05) is 50.5 Å². The zero-order valence-corrected chi connectivity index (χ0v) is 34.4. The van der Waals surface area contributed by atoms with Gasteiger partial charge in [-0.15, -0.1) is 0 Å². The molecule has 56 heavy (non-hydrogen) atoms. The van der Waals surface area contributed by atoms with E-state index in [0.717, 1.165) is 64.5 Å². The number of fused-ring (bicyclic) bond motifs is 2. The maximum atomic E-state index is 13.7. The second-order valence-corrected chi connectivity index (χ2v) is 19.3. The average molecular weight is 784 g/mol. The Hall–Kier alpha value is -1.68. The summed E-state index contributed by atoms with van der Waals surface area (Å²) in [6.07, 6.45) is 19.0. The number of unbranched alkanes of at least 4 members (excludes halogenated alkanes) is 1. The first kappa shape index (κ1) is 43.9. The highest BCUT2D eigenvalue weighted by Gasteiger charge is 2.43. The summed E-state index contributed by atoms with van der Waals surface area (Å²) in [4.78, 5) is 25.6. The molecule has 0 spiro atoms. The molecule has 316 valence electrons. The van der Waals surface area contributed by atoms with Crippen LogP contribution in [0.1, 0.15) is 135 Å². The molecule has 0 bridgehead atoms. The van der Waals surface area contributed by atoms with Crippen molar-refractivity contribution < 1.29 is 45.4 Å². The molecule has 2 aliphatic heterocycles. The quantitative estimate of drug-likeness (QED) is 0.0752. The molecule has 0 radical (unpaired) electrons. The minimum absolute atomic E-state index is 0.0274. The van der Waals surface area contributed by atoms with E-state index in [-0.39, 0.29) is 48.1 Å². The number of carbonyl (C=O) groups is 2. The number of hydrogen-bond donors (Lipinski definition) is 7. The monoisotopic (exact) mass is 784 g/mol. The molecule has 3 saturated carbocycles. The topological polar surface area (TPSA) is 184 Å². The molecule has 10 nitrogen and oxygen atoms in total. The molecule has 0 aromatic heterocycles. The Kier molecular flexibility index (Phi) is 16.9. The molecule has 5 fully saturated rings. The highest BCUT2D eigenvalue weighted by atomic mass is 16.5. The van der Waals surface area contributed by atoms with Gasteiger partial charge in [0.15, 0.2) is 0 Å². The molecule has 6 aliphatic rings. The second-order valence-electron chi connectivity index (χ2n) is 19.3. The smallest absolute Gasteiger partial charge is 0.150 e. The number of rotatable bonds is 15. The van der Waals surface area contributed by atoms with Gasteiger partial charge in [-0.25, -0.2) is 0 Å². The molecule has 0 amide bonds. The second kappa shape index (κ2) is 21.5. The van der Waals surface area contributed by atoms with E-state index in [1.54, 1.807) is 7.11 Å². The van der Waals surface area contributed by atoms with Crippen molar-refractivity contribution in [3.8, 4) is 11.8 Å².